The van der Waals surface area contributed by atoms with Gasteiger partial charge in [0.1, 0.15) is 23.2 Å². The largest absolute Gasteiger partial charge is 0.497 e. The summed E-state index contributed by atoms with van der Waals surface area (Å²) in [5, 5.41) is 21.9. The molecule has 1 aliphatic heterocycles. The Kier molecular flexibility index (Phi) is 4.16. The van der Waals surface area contributed by atoms with Crippen LogP contribution in [0.1, 0.15) is 17.2 Å². The molecule has 2 aromatic heterocycles. The fourth-order valence-corrected chi connectivity index (χ4v) is 3.71. The van der Waals surface area contributed by atoms with Gasteiger partial charge in [-0.3, -0.25) is 4.79 Å². The smallest absolute Gasteiger partial charge is 0.288 e. The van der Waals surface area contributed by atoms with Crippen molar-refractivity contribution in [1.29, 1.82) is 0 Å². The van der Waals surface area contributed by atoms with Crippen LogP contribution in [0.3, 0.4) is 0 Å². The first kappa shape index (κ1) is 17.9. The Morgan fingerprint density at radius 3 is 2.77 bits per heavy atom. The van der Waals surface area contributed by atoms with E-state index in [9.17, 15) is 4.79 Å². The van der Waals surface area contributed by atoms with Gasteiger partial charge in [0.05, 0.1) is 19.9 Å². The van der Waals surface area contributed by atoms with Crippen molar-refractivity contribution in [3.8, 4) is 22.8 Å². The third-order valence-electron chi connectivity index (χ3n) is 5.05. The van der Waals surface area contributed by atoms with Crippen molar-refractivity contribution in [2.45, 2.75) is 6.04 Å². The summed E-state index contributed by atoms with van der Waals surface area (Å²) in [7, 11) is 3.20. The van der Waals surface area contributed by atoms with E-state index < -0.39 is 6.04 Å². The van der Waals surface area contributed by atoms with Gasteiger partial charge < -0.3 is 14.8 Å². The van der Waals surface area contributed by atoms with Crippen LogP contribution < -0.4 is 20.3 Å². The van der Waals surface area contributed by atoms with E-state index in [1.807, 2.05) is 48.5 Å². The molecule has 4 aromatic rings. The Morgan fingerprint density at radius 1 is 1.07 bits per heavy atom. The minimum atomic E-state index is -0.529. The number of tetrazole rings is 1. The fraction of sp³-hybridized carbons (Fsp3) is 0.150. The number of aromatic nitrogens is 6. The first-order chi connectivity index (χ1) is 14.7. The van der Waals surface area contributed by atoms with Gasteiger partial charge in [0.15, 0.2) is 0 Å². The molecule has 0 bridgehead atoms. The van der Waals surface area contributed by atoms with Crippen LogP contribution >= 0.6 is 0 Å². The third-order valence-corrected chi connectivity index (χ3v) is 5.05. The summed E-state index contributed by atoms with van der Waals surface area (Å²) < 4.78 is 12.6. The molecule has 0 saturated heterocycles. The van der Waals surface area contributed by atoms with Crippen LogP contribution in [0.5, 0.6) is 11.5 Å². The molecular weight excluding hydrogens is 386 g/mol. The monoisotopic (exact) mass is 403 g/mol. The lowest BCUT2D eigenvalue weighted by Gasteiger charge is -2.28. The molecule has 3 heterocycles. The van der Waals surface area contributed by atoms with Gasteiger partial charge in [0, 0.05) is 16.7 Å². The summed E-state index contributed by atoms with van der Waals surface area (Å²) in [4.78, 5) is 12.7. The third kappa shape index (κ3) is 2.69. The lowest BCUT2D eigenvalue weighted by molar-refractivity contribution is 0.402. The number of para-hydroxylation sites is 1. The zero-order valence-electron chi connectivity index (χ0n) is 16.2. The second kappa shape index (κ2) is 6.99. The number of fused-ring (bicyclic) bond motifs is 2. The minimum absolute atomic E-state index is 0.334. The maximum Gasteiger partial charge on any atom is 0.288 e. The van der Waals surface area contributed by atoms with Gasteiger partial charge in [0.2, 0.25) is 5.95 Å². The van der Waals surface area contributed by atoms with Gasteiger partial charge in [-0.05, 0) is 28.6 Å². The molecular formula is C20H17N7O3. The highest BCUT2D eigenvalue weighted by atomic mass is 16.5. The van der Waals surface area contributed by atoms with Gasteiger partial charge in [-0.25, -0.2) is 5.10 Å². The second-order valence-corrected chi connectivity index (χ2v) is 6.64. The molecule has 150 valence electrons. The predicted molar refractivity (Wildman–Crippen MR) is 108 cm³/mol. The minimum Gasteiger partial charge on any atom is -0.497 e. The van der Waals surface area contributed by atoms with Gasteiger partial charge in [0.25, 0.3) is 5.56 Å². The Hall–Kier alpha value is -4.21. The molecule has 1 unspecified atom stereocenters. The lowest BCUT2D eigenvalue weighted by Crippen LogP contribution is -2.29. The van der Waals surface area contributed by atoms with Gasteiger partial charge >= 0.3 is 0 Å². The molecule has 0 saturated carbocycles. The number of anilines is 2. The highest BCUT2D eigenvalue weighted by molar-refractivity contribution is 5.76. The number of methoxy groups -OCH3 is 2. The molecule has 0 spiro atoms. The fourth-order valence-electron chi connectivity index (χ4n) is 3.71. The number of benzene rings is 2. The van der Waals surface area contributed by atoms with Crippen LogP contribution in [-0.2, 0) is 0 Å². The van der Waals surface area contributed by atoms with E-state index in [1.165, 1.54) is 0 Å². The van der Waals surface area contributed by atoms with Crippen molar-refractivity contribution in [2.24, 2.45) is 0 Å². The molecule has 10 nitrogen and oxygen atoms in total. The number of rotatable bonds is 4. The molecule has 2 aromatic carbocycles. The van der Waals surface area contributed by atoms with Crippen molar-refractivity contribution in [3.63, 3.8) is 0 Å². The molecule has 0 radical (unpaired) electrons. The summed E-state index contributed by atoms with van der Waals surface area (Å²) >= 11 is 0. The summed E-state index contributed by atoms with van der Waals surface area (Å²) in [6, 6.07) is 14.5. The van der Waals surface area contributed by atoms with Gasteiger partial charge in [-0.2, -0.15) is 9.78 Å². The van der Waals surface area contributed by atoms with Gasteiger partial charge in [-0.1, -0.05) is 35.4 Å². The molecule has 0 aliphatic carbocycles. The van der Waals surface area contributed by atoms with Crippen LogP contribution in [0.25, 0.3) is 11.3 Å². The van der Waals surface area contributed by atoms with E-state index in [2.05, 4.69) is 31.0 Å². The van der Waals surface area contributed by atoms with Crippen molar-refractivity contribution >= 4 is 11.6 Å². The second-order valence-electron chi connectivity index (χ2n) is 6.64. The normalized spacial score (nSPS) is 14.4. The summed E-state index contributed by atoms with van der Waals surface area (Å²) in [6.07, 6.45) is 0. The van der Waals surface area contributed by atoms with Crippen molar-refractivity contribution in [2.75, 3.05) is 19.5 Å². The molecule has 1 atom stereocenters. The van der Waals surface area contributed by atoms with Crippen LogP contribution in [0, 0.1) is 0 Å². The quantitative estimate of drug-likeness (QED) is 0.468. The zero-order valence-corrected chi connectivity index (χ0v) is 16.2. The van der Waals surface area contributed by atoms with E-state index in [0.717, 1.165) is 11.1 Å². The number of ether oxygens (including phenoxy) is 2. The highest BCUT2D eigenvalue weighted by Crippen LogP contribution is 2.43. The number of hydrogen-bond donors (Lipinski definition) is 2. The maximum atomic E-state index is 12.7. The highest BCUT2D eigenvalue weighted by Gasteiger charge is 2.35. The van der Waals surface area contributed by atoms with Crippen LogP contribution in [0.2, 0.25) is 0 Å². The Labute approximate surface area is 170 Å². The maximum absolute atomic E-state index is 12.7. The summed E-state index contributed by atoms with van der Waals surface area (Å²) in [5.41, 5.74) is 2.75. The molecule has 0 fully saturated rings. The van der Waals surface area contributed by atoms with E-state index >= 15 is 0 Å². The Morgan fingerprint density at radius 2 is 1.93 bits per heavy atom. The molecule has 1 aliphatic rings. The average molecular weight is 403 g/mol. The van der Waals surface area contributed by atoms with Crippen molar-refractivity contribution in [1.82, 2.24) is 30.4 Å². The van der Waals surface area contributed by atoms with Crippen LogP contribution in [-0.4, -0.2) is 44.6 Å². The number of nitrogens with zero attached hydrogens (tertiary/aromatic N) is 5. The molecule has 2 N–H and O–H groups in total. The van der Waals surface area contributed by atoms with Crippen LogP contribution in [0.4, 0.5) is 11.6 Å². The van der Waals surface area contributed by atoms with E-state index in [-0.39, 0.29) is 5.56 Å². The number of nitrogens with one attached hydrogen (secondary N) is 2. The van der Waals surface area contributed by atoms with Crippen molar-refractivity contribution in [3.05, 3.63) is 70.0 Å². The molecule has 5 rings (SSSR count). The Balaban J connectivity index is 1.83. The first-order valence-corrected chi connectivity index (χ1v) is 9.16. The lowest BCUT2D eigenvalue weighted by atomic mass is 9.92. The molecule has 10 heteroatoms. The van der Waals surface area contributed by atoms with E-state index in [0.29, 0.717) is 34.4 Å². The van der Waals surface area contributed by atoms with Crippen LogP contribution in [0.15, 0.2) is 53.3 Å². The zero-order chi connectivity index (χ0) is 20.7. The Bertz CT molecular complexity index is 1300. The van der Waals surface area contributed by atoms with E-state index in [4.69, 9.17) is 9.47 Å². The van der Waals surface area contributed by atoms with E-state index in [1.54, 1.807) is 18.9 Å². The number of H-pyrrole nitrogens is 1. The SMILES string of the molecule is COc1cccc(-c2n[nH]c(=O)c3c2C(c2ccccc2OC)n2nnnc2N3)c1. The molecule has 30 heavy (non-hydrogen) atoms. The number of aromatic amines is 1. The molecule has 0 amide bonds. The summed E-state index contributed by atoms with van der Waals surface area (Å²) in [6.45, 7) is 0. The standard InChI is InChI=1S/C20H17N7O3/c1-29-12-7-5-6-11(10-12)16-15-17(19(28)23-22-16)21-20-24-25-26-27(20)18(15)13-8-3-4-9-14(13)30-2/h3-10,18H,1-2H3,(H,23,28)(H,21,24,26). The number of hydrogen-bond acceptors (Lipinski definition) is 8. The topological polar surface area (TPSA) is 120 Å². The predicted octanol–water partition coefficient (Wildman–Crippen LogP) is 2.14. The summed E-state index contributed by atoms with van der Waals surface area (Å²) in [5.74, 6) is 1.68. The first-order valence-electron chi connectivity index (χ1n) is 9.16. The van der Waals surface area contributed by atoms with Crippen molar-refractivity contribution < 1.29 is 9.47 Å². The average Bonchev–Trinajstić information content (AvgIpc) is 3.26. The van der Waals surface area contributed by atoms with Gasteiger partial charge in [-0.15, -0.1) is 0 Å².